The van der Waals surface area contributed by atoms with Crippen LogP contribution in [0.1, 0.15) is 53.7 Å². The lowest BCUT2D eigenvalue weighted by Gasteiger charge is -2.17. The summed E-state index contributed by atoms with van der Waals surface area (Å²) in [4.78, 5) is 16.4. The third-order valence-electron chi connectivity index (χ3n) is 3.32. The number of hydrogen-bond donors (Lipinski definition) is 2. The zero-order valence-electron chi connectivity index (χ0n) is 13.0. The zero-order valence-corrected chi connectivity index (χ0v) is 13.8. The van der Waals surface area contributed by atoms with Gasteiger partial charge in [-0.05, 0) is 40.7 Å². The van der Waals surface area contributed by atoms with Gasteiger partial charge in [0.15, 0.2) is 0 Å². The number of thiazole rings is 1. The van der Waals surface area contributed by atoms with Gasteiger partial charge in [0.1, 0.15) is 11.5 Å². The van der Waals surface area contributed by atoms with Crippen molar-refractivity contribution in [2.24, 2.45) is 0 Å². The molecule has 2 heterocycles. The molecule has 2 aromatic heterocycles. The fraction of sp³-hybridized carbons (Fsp3) is 0.467. The van der Waals surface area contributed by atoms with Gasteiger partial charge in [0, 0.05) is 10.9 Å². The molecule has 0 saturated carbocycles. The molecule has 0 unspecified atom stereocenters. The molecule has 0 aromatic carbocycles. The minimum Gasteiger partial charge on any atom is -0.466 e. The van der Waals surface area contributed by atoms with Crippen LogP contribution in [0.15, 0.2) is 15.9 Å². The third kappa shape index (κ3) is 3.85. The van der Waals surface area contributed by atoms with Crippen LogP contribution in [0.4, 0.5) is 4.79 Å². The Bertz CT molecular complexity index is 633. The smallest absolute Gasteiger partial charge is 0.315 e. The van der Waals surface area contributed by atoms with E-state index in [1.54, 1.807) is 11.3 Å². The van der Waals surface area contributed by atoms with Crippen LogP contribution in [0.5, 0.6) is 0 Å². The van der Waals surface area contributed by atoms with Gasteiger partial charge in [0.2, 0.25) is 0 Å². The van der Waals surface area contributed by atoms with Crippen LogP contribution < -0.4 is 10.6 Å². The van der Waals surface area contributed by atoms with Crippen molar-refractivity contribution in [3.05, 3.63) is 39.2 Å². The lowest BCUT2D eigenvalue weighted by Crippen LogP contribution is -2.38. The van der Waals surface area contributed by atoms with Gasteiger partial charge in [-0.2, -0.15) is 0 Å². The highest BCUT2D eigenvalue weighted by atomic mass is 32.1. The maximum atomic E-state index is 12.1. The van der Waals surface area contributed by atoms with Crippen molar-refractivity contribution in [3.63, 3.8) is 0 Å². The van der Waals surface area contributed by atoms with E-state index in [0.717, 1.165) is 27.8 Å². The van der Waals surface area contributed by atoms with E-state index in [1.807, 2.05) is 46.1 Å². The normalized spacial score (nSPS) is 13.8. The van der Waals surface area contributed by atoms with Crippen LogP contribution in [0.25, 0.3) is 0 Å². The highest BCUT2D eigenvalue weighted by molar-refractivity contribution is 7.09. The molecule has 0 bridgehead atoms. The average Bonchev–Trinajstić information content (AvgIpc) is 2.95. The van der Waals surface area contributed by atoms with Crippen LogP contribution in [0.3, 0.4) is 0 Å². The van der Waals surface area contributed by atoms with Crippen LogP contribution in [-0.2, 0) is 0 Å². The van der Waals surface area contributed by atoms with Crippen LogP contribution in [-0.4, -0.2) is 11.0 Å². The fourth-order valence-electron chi connectivity index (χ4n) is 2.25. The van der Waals surface area contributed by atoms with E-state index in [4.69, 9.17) is 4.42 Å². The zero-order chi connectivity index (χ0) is 15.6. The number of urea groups is 1. The van der Waals surface area contributed by atoms with Crippen molar-refractivity contribution >= 4 is 17.4 Å². The molecule has 6 heteroatoms. The molecule has 0 aliphatic heterocycles. The number of aryl methyl sites for hydroxylation is 3. The summed E-state index contributed by atoms with van der Waals surface area (Å²) in [6.07, 6.45) is 0. The summed E-state index contributed by atoms with van der Waals surface area (Å²) in [6, 6.07) is 1.52. The van der Waals surface area contributed by atoms with Crippen LogP contribution >= 0.6 is 11.3 Å². The third-order valence-corrected chi connectivity index (χ3v) is 4.11. The number of aromatic nitrogens is 1. The van der Waals surface area contributed by atoms with Crippen LogP contribution in [0.2, 0.25) is 0 Å². The molecular formula is C15H21N3O2S. The van der Waals surface area contributed by atoms with Crippen molar-refractivity contribution in [1.82, 2.24) is 15.6 Å². The van der Waals surface area contributed by atoms with Gasteiger partial charge in [-0.15, -0.1) is 11.3 Å². The Labute approximate surface area is 128 Å². The van der Waals surface area contributed by atoms with E-state index in [0.29, 0.717) is 0 Å². The monoisotopic (exact) mass is 307 g/mol. The van der Waals surface area contributed by atoms with Gasteiger partial charge in [-0.1, -0.05) is 0 Å². The Morgan fingerprint density at radius 1 is 1.24 bits per heavy atom. The first-order chi connectivity index (χ1) is 9.86. The molecule has 2 rings (SSSR count). The molecule has 0 spiro atoms. The Hall–Kier alpha value is -1.82. The van der Waals surface area contributed by atoms with Crippen molar-refractivity contribution in [2.45, 2.75) is 46.7 Å². The SMILES string of the molecule is Cc1cc([C@@H](C)NC(=O)N[C@@H](C)c2csc(C)n2)c(C)o1. The number of nitrogens with one attached hydrogen (secondary N) is 2. The maximum Gasteiger partial charge on any atom is 0.315 e. The van der Waals surface area contributed by atoms with Crippen LogP contribution in [0, 0.1) is 20.8 Å². The van der Waals surface area contributed by atoms with E-state index in [9.17, 15) is 4.79 Å². The first kappa shape index (κ1) is 15.6. The quantitative estimate of drug-likeness (QED) is 0.903. The number of carbonyl (C=O) groups excluding carboxylic acids is 1. The average molecular weight is 307 g/mol. The number of carbonyl (C=O) groups is 1. The summed E-state index contributed by atoms with van der Waals surface area (Å²) in [7, 11) is 0. The van der Waals surface area contributed by atoms with Crippen molar-refractivity contribution in [2.75, 3.05) is 0 Å². The lowest BCUT2D eigenvalue weighted by molar-refractivity contribution is 0.234. The Morgan fingerprint density at radius 2 is 1.90 bits per heavy atom. The second kappa shape index (κ2) is 6.30. The molecule has 0 aliphatic rings. The predicted octanol–water partition coefficient (Wildman–Crippen LogP) is 3.78. The molecule has 2 atom stereocenters. The Balaban J connectivity index is 1.94. The highest BCUT2D eigenvalue weighted by Crippen LogP contribution is 2.21. The molecular weight excluding hydrogens is 286 g/mol. The summed E-state index contributed by atoms with van der Waals surface area (Å²) < 4.78 is 5.49. The van der Waals surface area contributed by atoms with Gasteiger partial charge < -0.3 is 15.1 Å². The second-order valence-corrected chi connectivity index (χ2v) is 6.28. The molecule has 0 fully saturated rings. The van der Waals surface area contributed by atoms with E-state index >= 15 is 0 Å². The first-order valence-corrected chi connectivity index (χ1v) is 7.80. The Kier molecular flexibility index (Phi) is 4.67. The number of amides is 2. The van der Waals surface area contributed by atoms with Gasteiger partial charge in [0.05, 0.1) is 22.8 Å². The van der Waals surface area contributed by atoms with E-state index in [-0.39, 0.29) is 18.1 Å². The summed E-state index contributed by atoms with van der Waals surface area (Å²) in [6.45, 7) is 9.61. The first-order valence-electron chi connectivity index (χ1n) is 6.92. The van der Waals surface area contributed by atoms with Gasteiger partial charge in [-0.25, -0.2) is 9.78 Å². The van der Waals surface area contributed by atoms with E-state index in [1.165, 1.54) is 0 Å². The lowest BCUT2D eigenvalue weighted by atomic mass is 10.1. The summed E-state index contributed by atoms with van der Waals surface area (Å²) in [5.74, 6) is 1.69. The summed E-state index contributed by atoms with van der Waals surface area (Å²) in [5, 5.41) is 8.79. The minimum atomic E-state index is -0.209. The van der Waals surface area contributed by atoms with E-state index in [2.05, 4.69) is 15.6 Å². The van der Waals surface area contributed by atoms with Gasteiger partial charge >= 0.3 is 6.03 Å². The van der Waals surface area contributed by atoms with E-state index < -0.39 is 0 Å². The molecule has 21 heavy (non-hydrogen) atoms. The van der Waals surface area contributed by atoms with Gasteiger partial charge in [0.25, 0.3) is 0 Å². The standard InChI is InChI=1S/C15H21N3O2S/c1-8-6-13(11(4)20-8)9(2)16-15(19)17-10(3)14-7-21-12(5)18-14/h6-7,9-10H,1-5H3,(H2,16,17,19)/t9-,10+/m1/s1. The predicted molar refractivity (Wildman–Crippen MR) is 83.5 cm³/mol. The second-order valence-electron chi connectivity index (χ2n) is 5.22. The number of hydrogen-bond acceptors (Lipinski definition) is 4. The number of furan rings is 1. The topological polar surface area (TPSA) is 67.2 Å². The minimum absolute atomic E-state index is 0.105. The molecule has 2 aromatic rings. The fourth-order valence-corrected chi connectivity index (χ4v) is 2.95. The molecule has 0 saturated heterocycles. The number of rotatable bonds is 4. The Morgan fingerprint density at radius 3 is 2.43 bits per heavy atom. The molecule has 0 radical (unpaired) electrons. The largest absolute Gasteiger partial charge is 0.466 e. The van der Waals surface area contributed by atoms with Crippen molar-refractivity contribution in [1.29, 1.82) is 0 Å². The molecule has 2 amide bonds. The molecule has 0 aliphatic carbocycles. The highest BCUT2D eigenvalue weighted by Gasteiger charge is 2.17. The number of nitrogens with zero attached hydrogens (tertiary/aromatic N) is 1. The maximum absolute atomic E-state index is 12.1. The molecule has 5 nitrogen and oxygen atoms in total. The van der Waals surface area contributed by atoms with Crippen molar-refractivity contribution < 1.29 is 9.21 Å². The molecule has 2 N–H and O–H groups in total. The summed E-state index contributed by atoms with van der Waals surface area (Å²) >= 11 is 1.58. The van der Waals surface area contributed by atoms with Crippen molar-refractivity contribution in [3.8, 4) is 0 Å². The van der Waals surface area contributed by atoms with Gasteiger partial charge in [-0.3, -0.25) is 0 Å². The molecule has 114 valence electrons. The summed E-state index contributed by atoms with van der Waals surface area (Å²) in [5.41, 5.74) is 1.88.